The molecule has 1 aromatic carbocycles. The summed E-state index contributed by atoms with van der Waals surface area (Å²) in [5.41, 5.74) is 8.51. The van der Waals surface area contributed by atoms with Crippen LogP contribution in [0.5, 0.6) is 5.75 Å². The Morgan fingerprint density at radius 3 is 2.86 bits per heavy atom. The van der Waals surface area contributed by atoms with Crippen LogP contribution in [0.1, 0.15) is 28.5 Å². The Hall–Kier alpha value is -2.34. The Morgan fingerprint density at radius 2 is 2.24 bits per heavy atom. The number of amides is 1. The number of anilines is 1. The molecular weight excluding hydrogens is 268 g/mol. The summed E-state index contributed by atoms with van der Waals surface area (Å²) in [6.45, 7) is 2.39. The number of hydrogen-bond donors (Lipinski definition) is 2. The fourth-order valence-electron chi connectivity index (χ4n) is 2.14. The average Bonchev–Trinajstić information content (AvgIpc) is 2.88. The lowest BCUT2D eigenvalue weighted by molar-refractivity contribution is 0.102. The van der Waals surface area contributed by atoms with Gasteiger partial charge in [0.1, 0.15) is 5.75 Å². The van der Waals surface area contributed by atoms with Crippen LogP contribution in [0.25, 0.3) is 0 Å². The lowest BCUT2D eigenvalue weighted by Crippen LogP contribution is -2.14. The highest BCUT2D eigenvalue weighted by Crippen LogP contribution is 2.26. The van der Waals surface area contributed by atoms with Crippen LogP contribution in [-0.4, -0.2) is 22.8 Å². The zero-order chi connectivity index (χ0) is 15.4. The number of rotatable bonds is 5. The van der Waals surface area contributed by atoms with Crippen molar-refractivity contribution in [3.05, 3.63) is 41.2 Å². The number of nitrogens with zero attached hydrogens (tertiary/aromatic N) is 2. The maximum absolute atomic E-state index is 12.4. The molecule has 0 aliphatic carbocycles. The van der Waals surface area contributed by atoms with Gasteiger partial charge in [0.2, 0.25) is 0 Å². The van der Waals surface area contributed by atoms with E-state index in [1.54, 1.807) is 31.1 Å². The normalized spacial score (nSPS) is 10.5. The Labute approximate surface area is 123 Å². The van der Waals surface area contributed by atoms with Crippen LogP contribution in [0, 0.1) is 0 Å². The third kappa shape index (κ3) is 3.22. The minimum Gasteiger partial charge on any atom is -0.495 e. The molecule has 1 heterocycles. The van der Waals surface area contributed by atoms with Gasteiger partial charge in [-0.25, -0.2) is 0 Å². The van der Waals surface area contributed by atoms with E-state index in [4.69, 9.17) is 10.5 Å². The van der Waals surface area contributed by atoms with Crippen LogP contribution in [-0.2, 0) is 20.0 Å². The number of carbonyl (C=O) groups is 1. The highest BCUT2D eigenvalue weighted by Gasteiger charge is 2.16. The quantitative estimate of drug-likeness (QED) is 0.877. The predicted octanol–water partition coefficient (Wildman–Crippen LogP) is 1.70. The van der Waals surface area contributed by atoms with Crippen molar-refractivity contribution in [1.29, 1.82) is 0 Å². The van der Waals surface area contributed by atoms with E-state index in [1.165, 1.54) is 0 Å². The fourth-order valence-corrected chi connectivity index (χ4v) is 2.14. The zero-order valence-electron chi connectivity index (χ0n) is 12.5. The molecule has 2 aromatic rings. The molecule has 0 saturated carbocycles. The zero-order valence-corrected chi connectivity index (χ0v) is 12.5. The number of benzene rings is 1. The number of nitrogens with two attached hydrogens (primary N) is 1. The van der Waals surface area contributed by atoms with E-state index in [0.29, 0.717) is 30.0 Å². The van der Waals surface area contributed by atoms with Crippen molar-refractivity contribution in [2.45, 2.75) is 19.9 Å². The molecule has 2 rings (SSSR count). The minimum absolute atomic E-state index is 0.196. The van der Waals surface area contributed by atoms with Gasteiger partial charge in [-0.05, 0) is 24.1 Å². The topological polar surface area (TPSA) is 82.2 Å². The molecule has 0 spiro atoms. The largest absolute Gasteiger partial charge is 0.495 e. The number of aryl methyl sites for hydroxylation is 2. The molecule has 0 radical (unpaired) electrons. The van der Waals surface area contributed by atoms with E-state index in [0.717, 1.165) is 11.3 Å². The van der Waals surface area contributed by atoms with E-state index in [-0.39, 0.29) is 5.91 Å². The number of nitrogens with one attached hydrogen (secondary N) is 1. The van der Waals surface area contributed by atoms with E-state index in [2.05, 4.69) is 10.4 Å². The molecule has 0 aliphatic rings. The molecule has 0 fully saturated rings. The van der Waals surface area contributed by atoms with Gasteiger partial charge in [0.05, 0.1) is 24.1 Å². The van der Waals surface area contributed by atoms with Crippen molar-refractivity contribution in [2.75, 3.05) is 12.4 Å². The first kappa shape index (κ1) is 15.1. The second-order valence-electron chi connectivity index (χ2n) is 4.71. The Bertz CT molecular complexity index is 649. The van der Waals surface area contributed by atoms with Crippen molar-refractivity contribution in [1.82, 2.24) is 9.78 Å². The Morgan fingerprint density at radius 1 is 1.48 bits per heavy atom. The number of hydrogen-bond acceptors (Lipinski definition) is 4. The molecular formula is C15H20N4O2. The predicted molar refractivity (Wildman–Crippen MR) is 81.4 cm³/mol. The highest BCUT2D eigenvalue weighted by atomic mass is 16.5. The molecule has 6 nitrogen and oxygen atoms in total. The molecule has 6 heteroatoms. The summed E-state index contributed by atoms with van der Waals surface area (Å²) in [7, 11) is 3.36. The first-order valence-electron chi connectivity index (χ1n) is 6.79. The molecule has 112 valence electrons. The maximum atomic E-state index is 12.4. The van der Waals surface area contributed by atoms with Gasteiger partial charge in [-0.2, -0.15) is 5.10 Å². The van der Waals surface area contributed by atoms with E-state index in [9.17, 15) is 4.79 Å². The fraction of sp³-hybridized carbons (Fsp3) is 0.333. The lowest BCUT2D eigenvalue weighted by atomic mass is 10.1. The Kier molecular flexibility index (Phi) is 4.59. The summed E-state index contributed by atoms with van der Waals surface area (Å²) in [4.78, 5) is 12.4. The molecule has 1 amide bonds. The summed E-state index contributed by atoms with van der Waals surface area (Å²) in [6.07, 6.45) is 2.42. The minimum atomic E-state index is -0.196. The van der Waals surface area contributed by atoms with Gasteiger partial charge < -0.3 is 15.8 Å². The van der Waals surface area contributed by atoms with Crippen molar-refractivity contribution in [3.8, 4) is 5.75 Å². The van der Waals surface area contributed by atoms with Crippen molar-refractivity contribution in [3.63, 3.8) is 0 Å². The molecule has 0 bridgehead atoms. The number of carbonyl (C=O) groups excluding carboxylic acids is 1. The molecule has 1 aromatic heterocycles. The monoisotopic (exact) mass is 288 g/mol. The van der Waals surface area contributed by atoms with Crippen LogP contribution in [0.4, 0.5) is 5.69 Å². The standard InChI is InChI=1S/C15H20N4O2/c1-4-12-11(9-19(2)18-12)15(20)17-13-6-5-10(8-16)7-14(13)21-3/h5-7,9H,4,8,16H2,1-3H3,(H,17,20). The third-order valence-corrected chi connectivity index (χ3v) is 3.23. The number of methoxy groups -OCH3 is 1. The van der Waals surface area contributed by atoms with Crippen molar-refractivity contribution in [2.24, 2.45) is 12.8 Å². The summed E-state index contributed by atoms with van der Waals surface area (Å²) < 4.78 is 6.94. The summed E-state index contributed by atoms with van der Waals surface area (Å²) >= 11 is 0. The lowest BCUT2D eigenvalue weighted by Gasteiger charge is -2.11. The third-order valence-electron chi connectivity index (χ3n) is 3.23. The van der Waals surface area contributed by atoms with E-state index < -0.39 is 0 Å². The molecule has 3 N–H and O–H groups in total. The molecule has 0 unspecified atom stereocenters. The second-order valence-corrected chi connectivity index (χ2v) is 4.71. The van der Waals surface area contributed by atoms with Crippen LogP contribution in [0.15, 0.2) is 24.4 Å². The van der Waals surface area contributed by atoms with Gasteiger partial charge in [-0.3, -0.25) is 9.48 Å². The number of ether oxygens (including phenoxy) is 1. The van der Waals surface area contributed by atoms with Crippen molar-refractivity contribution >= 4 is 11.6 Å². The summed E-state index contributed by atoms with van der Waals surface area (Å²) in [6, 6.07) is 5.47. The highest BCUT2D eigenvalue weighted by molar-refractivity contribution is 6.05. The smallest absolute Gasteiger partial charge is 0.259 e. The molecule has 0 atom stereocenters. The molecule has 21 heavy (non-hydrogen) atoms. The summed E-state index contributed by atoms with van der Waals surface area (Å²) in [5, 5.41) is 7.13. The van der Waals surface area contributed by atoms with Crippen LogP contribution in [0.3, 0.4) is 0 Å². The van der Waals surface area contributed by atoms with Gasteiger partial charge in [0, 0.05) is 19.8 Å². The molecule has 0 saturated heterocycles. The van der Waals surface area contributed by atoms with Crippen LogP contribution < -0.4 is 15.8 Å². The first-order chi connectivity index (χ1) is 10.1. The van der Waals surface area contributed by atoms with Crippen molar-refractivity contribution < 1.29 is 9.53 Å². The van der Waals surface area contributed by atoms with Gasteiger partial charge >= 0.3 is 0 Å². The van der Waals surface area contributed by atoms with E-state index >= 15 is 0 Å². The second kappa shape index (κ2) is 6.41. The summed E-state index contributed by atoms with van der Waals surface area (Å²) in [5.74, 6) is 0.395. The number of aromatic nitrogens is 2. The van der Waals surface area contributed by atoms with Gasteiger partial charge in [-0.1, -0.05) is 13.0 Å². The van der Waals surface area contributed by atoms with E-state index in [1.807, 2.05) is 19.1 Å². The maximum Gasteiger partial charge on any atom is 0.259 e. The first-order valence-corrected chi connectivity index (χ1v) is 6.79. The van der Waals surface area contributed by atoms with Crippen LogP contribution in [0.2, 0.25) is 0 Å². The molecule has 0 aliphatic heterocycles. The van der Waals surface area contributed by atoms with Gasteiger partial charge in [0.25, 0.3) is 5.91 Å². The van der Waals surface area contributed by atoms with Crippen LogP contribution >= 0.6 is 0 Å². The van der Waals surface area contributed by atoms with Gasteiger partial charge in [0.15, 0.2) is 0 Å². The van der Waals surface area contributed by atoms with Gasteiger partial charge in [-0.15, -0.1) is 0 Å². The SMILES string of the molecule is CCc1nn(C)cc1C(=O)Nc1ccc(CN)cc1OC. The average molecular weight is 288 g/mol. The Balaban J connectivity index is 2.26.